The van der Waals surface area contributed by atoms with Crippen LogP contribution in [0.3, 0.4) is 0 Å². The van der Waals surface area contributed by atoms with Gasteiger partial charge in [-0.15, -0.1) is 0 Å². The second kappa shape index (κ2) is 8.23. The molecule has 0 aromatic heterocycles. The number of aliphatic hydroxyl groups is 2. The molecule has 1 aliphatic heterocycles. The molecule has 3 atom stereocenters. The highest BCUT2D eigenvalue weighted by Crippen LogP contribution is 2.15. The Morgan fingerprint density at radius 2 is 1.94 bits per heavy atom. The van der Waals surface area contributed by atoms with E-state index < -0.39 is 18.3 Å². The fourth-order valence-corrected chi connectivity index (χ4v) is 1.63. The lowest BCUT2D eigenvalue weighted by Crippen LogP contribution is -2.43. The Morgan fingerprint density at radius 3 is 2.71 bits per heavy atom. The minimum Gasteiger partial charge on any atom is -0.390 e. The summed E-state index contributed by atoms with van der Waals surface area (Å²) in [5.41, 5.74) is 0. The summed E-state index contributed by atoms with van der Waals surface area (Å²) in [5.74, 6) is 0. The van der Waals surface area contributed by atoms with Crippen LogP contribution < -0.4 is 0 Å². The van der Waals surface area contributed by atoms with Gasteiger partial charge in [0, 0.05) is 0 Å². The van der Waals surface area contributed by atoms with Gasteiger partial charge in [0.15, 0.2) is 0 Å². The zero-order chi connectivity index (χ0) is 12.5. The number of allylic oxidation sites excluding steroid dienone is 5. The van der Waals surface area contributed by atoms with Crippen molar-refractivity contribution in [1.82, 2.24) is 0 Å². The fourth-order valence-electron chi connectivity index (χ4n) is 1.63. The zero-order valence-electron chi connectivity index (χ0n) is 10.3. The van der Waals surface area contributed by atoms with Crippen molar-refractivity contribution in [2.45, 2.75) is 44.5 Å². The molecule has 1 rings (SSSR count). The minimum atomic E-state index is -0.816. The Morgan fingerprint density at radius 1 is 1.18 bits per heavy atom. The van der Waals surface area contributed by atoms with Gasteiger partial charge in [-0.1, -0.05) is 49.8 Å². The molecule has 0 saturated carbocycles. The highest BCUT2D eigenvalue weighted by molar-refractivity contribution is 5.13. The van der Waals surface area contributed by atoms with E-state index in [9.17, 15) is 10.2 Å². The van der Waals surface area contributed by atoms with E-state index in [0.29, 0.717) is 13.0 Å². The van der Waals surface area contributed by atoms with Gasteiger partial charge in [-0.3, -0.25) is 0 Å². The van der Waals surface area contributed by atoms with Crippen LogP contribution in [0.15, 0.2) is 36.5 Å². The van der Waals surface area contributed by atoms with Crippen LogP contribution in [0.1, 0.15) is 26.2 Å². The number of hydrogen-bond acceptors (Lipinski definition) is 3. The lowest BCUT2D eigenvalue weighted by Gasteiger charge is -2.29. The summed E-state index contributed by atoms with van der Waals surface area (Å²) >= 11 is 0. The van der Waals surface area contributed by atoms with Gasteiger partial charge in [0.2, 0.25) is 0 Å². The highest BCUT2D eigenvalue weighted by Gasteiger charge is 2.29. The van der Waals surface area contributed by atoms with E-state index in [1.165, 1.54) is 0 Å². The summed E-state index contributed by atoms with van der Waals surface area (Å²) in [6.07, 6.45) is 12.4. The molecule has 1 fully saturated rings. The summed E-state index contributed by atoms with van der Waals surface area (Å²) in [6.45, 7) is 2.63. The molecule has 17 heavy (non-hydrogen) atoms. The lowest BCUT2D eigenvalue weighted by atomic mass is 10.0. The van der Waals surface area contributed by atoms with E-state index in [2.05, 4.69) is 13.0 Å². The van der Waals surface area contributed by atoms with E-state index in [0.717, 1.165) is 12.8 Å². The van der Waals surface area contributed by atoms with E-state index >= 15 is 0 Å². The van der Waals surface area contributed by atoms with Gasteiger partial charge in [-0.05, 0) is 12.8 Å². The standard InChI is InChI=1S/C14H22O3/c1-2-3-4-5-6-7-8-9-13-14(16)12(15)10-11-17-13/h4-9,12-16H,2-3,10-11H2,1H3/b5-4+,7-6+,9-8+/t12-,13-,14+/m0/s1. The Bertz CT molecular complexity index is 281. The molecule has 3 heteroatoms. The molecular formula is C14H22O3. The van der Waals surface area contributed by atoms with E-state index in [1.54, 1.807) is 6.08 Å². The summed E-state index contributed by atoms with van der Waals surface area (Å²) in [4.78, 5) is 0. The van der Waals surface area contributed by atoms with Crippen molar-refractivity contribution in [3.8, 4) is 0 Å². The predicted molar refractivity (Wildman–Crippen MR) is 68.7 cm³/mol. The molecule has 1 saturated heterocycles. The third kappa shape index (κ3) is 5.31. The van der Waals surface area contributed by atoms with Crippen LogP contribution in [-0.2, 0) is 4.74 Å². The Hall–Kier alpha value is -0.900. The number of rotatable bonds is 5. The molecule has 96 valence electrons. The zero-order valence-corrected chi connectivity index (χ0v) is 10.3. The molecule has 0 aliphatic carbocycles. The van der Waals surface area contributed by atoms with Crippen molar-refractivity contribution in [1.29, 1.82) is 0 Å². The van der Waals surface area contributed by atoms with Crippen molar-refractivity contribution in [2.75, 3.05) is 6.61 Å². The van der Waals surface area contributed by atoms with Crippen molar-refractivity contribution >= 4 is 0 Å². The Labute approximate surface area is 103 Å². The average molecular weight is 238 g/mol. The average Bonchev–Trinajstić information content (AvgIpc) is 2.33. The molecule has 0 aromatic rings. The number of ether oxygens (including phenoxy) is 1. The third-order valence-corrected chi connectivity index (χ3v) is 2.68. The monoisotopic (exact) mass is 238 g/mol. The van der Waals surface area contributed by atoms with Crippen LogP contribution in [0.25, 0.3) is 0 Å². The van der Waals surface area contributed by atoms with Crippen LogP contribution >= 0.6 is 0 Å². The minimum absolute atomic E-state index is 0.400. The smallest absolute Gasteiger partial charge is 0.110 e. The van der Waals surface area contributed by atoms with Crippen molar-refractivity contribution in [3.05, 3.63) is 36.5 Å². The second-order valence-electron chi connectivity index (χ2n) is 4.17. The maximum Gasteiger partial charge on any atom is 0.110 e. The Kier molecular flexibility index (Phi) is 6.86. The Balaban J connectivity index is 2.32. The summed E-state index contributed by atoms with van der Waals surface area (Å²) in [7, 11) is 0. The van der Waals surface area contributed by atoms with Crippen LogP contribution in [-0.4, -0.2) is 35.1 Å². The second-order valence-corrected chi connectivity index (χ2v) is 4.17. The first-order valence-corrected chi connectivity index (χ1v) is 6.23. The number of aliphatic hydroxyl groups excluding tert-OH is 2. The topological polar surface area (TPSA) is 49.7 Å². The van der Waals surface area contributed by atoms with E-state index in [1.807, 2.05) is 24.3 Å². The van der Waals surface area contributed by atoms with Gasteiger partial charge in [0.05, 0.1) is 12.7 Å². The number of unbranched alkanes of at least 4 members (excludes halogenated alkanes) is 1. The first-order valence-electron chi connectivity index (χ1n) is 6.23. The molecule has 3 nitrogen and oxygen atoms in total. The molecule has 0 amide bonds. The summed E-state index contributed by atoms with van der Waals surface area (Å²) < 4.78 is 5.36. The van der Waals surface area contributed by atoms with E-state index in [-0.39, 0.29) is 0 Å². The first-order chi connectivity index (χ1) is 8.25. The molecular weight excluding hydrogens is 216 g/mol. The molecule has 2 N–H and O–H groups in total. The maximum atomic E-state index is 9.65. The van der Waals surface area contributed by atoms with E-state index in [4.69, 9.17) is 4.74 Å². The van der Waals surface area contributed by atoms with Crippen LogP contribution in [0.4, 0.5) is 0 Å². The molecule has 1 heterocycles. The van der Waals surface area contributed by atoms with Gasteiger partial charge in [0.25, 0.3) is 0 Å². The first kappa shape index (κ1) is 14.2. The largest absolute Gasteiger partial charge is 0.390 e. The van der Waals surface area contributed by atoms with Gasteiger partial charge < -0.3 is 14.9 Å². The van der Waals surface area contributed by atoms with Crippen LogP contribution in [0.2, 0.25) is 0 Å². The van der Waals surface area contributed by atoms with Gasteiger partial charge >= 0.3 is 0 Å². The quantitative estimate of drug-likeness (QED) is 0.720. The van der Waals surface area contributed by atoms with Gasteiger partial charge in [-0.25, -0.2) is 0 Å². The summed E-state index contributed by atoms with van der Waals surface area (Å²) in [6, 6.07) is 0. The van der Waals surface area contributed by atoms with Crippen molar-refractivity contribution < 1.29 is 14.9 Å². The molecule has 1 aliphatic rings. The predicted octanol–water partition coefficient (Wildman–Crippen LogP) is 1.97. The highest BCUT2D eigenvalue weighted by atomic mass is 16.5. The van der Waals surface area contributed by atoms with Crippen LogP contribution in [0.5, 0.6) is 0 Å². The lowest BCUT2D eigenvalue weighted by molar-refractivity contribution is -0.116. The maximum absolute atomic E-state index is 9.65. The number of hydrogen-bond donors (Lipinski definition) is 2. The van der Waals surface area contributed by atoms with Gasteiger partial charge in [0.1, 0.15) is 12.2 Å². The summed E-state index contributed by atoms with van der Waals surface area (Å²) in [5, 5.41) is 19.1. The molecule has 0 spiro atoms. The molecule has 0 aromatic carbocycles. The SMILES string of the molecule is CCC/C=C/C=C/C=C/[C@@H]1OCC[C@H](O)[C@H]1O. The third-order valence-electron chi connectivity index (χ3n) is 2.68. The molecule has 0 radical (unpaired) electrons. The van der Waals surface area contributed by atoms with Crippen molar-refractivity contribution in [2.24, 2.45) is 0 Å². The van der Waals surface area contributed by atoms with Crippen LogP contribution in [0, 0.1) is 0 Å². The molecule has 0 bridgehead atoms. The van der Waals surface area contributed by atoms with Gasteiger partial charge in [-0.2, -0.15) is 0 Å². The fraction of sp³-hybridized carbons (Fsp3) is 0.571. The van der Waals surface area contributed by atoms with Crippen molar-refractivity contribution in [3.63, 3.8) is 0 Å². The normalized spacial score (nSPS) is 30.9. The molecule has 0 unspecified atom stereocenters.